The number of thiophene rings is 1. The van der Waals surface area contributed by atoms with E-state index in [0.29, 0.717) is 17.8 Å². The number of hydrogen-bond donors (Lipinski definition) is 1. The highest BCUT2D eigenvalue weighted by atomic mass is 32.1. The zero-order chi connectivity index (χ0) is 19.8. The molecule has 1 unspecified atom stereocenters. The average Bonchev–Trinajstić information content (AvgIpc) is 3.41. The lowest BCUT2D eigenvalue weighted by atomic mass is 10.0. The van der Waals surface area contributed by atoms with E-state index in [1.807, 2.05) is 23.6 Å². The summed E-state index contributed by atoms with van der Waals surface area (Å²) in [5, 5.41) is 4.97. The second kappa shape index (κ2) is 7.48. The fourth-order valence-corrected chi connectivity index (χ4v) is 5.12. The number of rotatable bonds is 3. The first-order valence-corrected chi connectivity index (χ1v) is 11.0. The van der Waals surface area contributed by atoms with Gasteiger partial charge in [0.25, 0.3) is 5.91 Å². The van der Waals surface area contributed by atoms with Crippen LogP contribution in [0.5, 0.6) is 0 Å². The Kier molecular flexibility index (Phi) is 4.68. The number of benzene rings is 2. The number of amides is 2. The van der Waals surface area contributed by atoms with E-state index in [-0.39, 0.29) is 11.8 Å². The summed E-state index contributed by atoms with van der Waals surface area (Å²) in [7, 11) is 0. The maximum Gasteiger partial charge on any atom is 0.264 e. The zero-order valence-corrected chi connectivity index (χ0v) is 16.9. The van der Waals surface area contributed by atoms with Gasteiger partial charge in [0.15, 0.2) is 0 Å². The normalized spacial score (nSPS) is 17.5. The molecule has 1 fully saturated rings. The number of likely N-dealkylation sites (tertiary alicyclic amines) is 1. The highest BCUT2D eigenvalue weighted by Crippen LogP contribution is 2.37. The van der Waals surface area contributed by atoms with Crippen LogP contribution in [0.15, 0.2) is 60.0 Å². The molecule has 3 aromatic rings. The third kappa shape index (κ3) is 3.36. The van der Waals surface area contributed by atoms with Gasteiger partial charge in [0.2, 0.25) is 5.91 Å². The van der Waals surface area contributed by atoms with Crippen molar-refractivity contribution >= 4 is 28.8 Å². The Hall–Kier alpha value is -2.92. The van der Waals surface area contributed by atoms with Gasteiger partial charge in [-0.15, -0.1) is 11.3 Å². The van der Waals surface area contributed by atoms with Crippen molar-refractivity contribution in [1.82, 2.24) is 4.90 Å². The standard InChI is InChI=1S/C24H22N2O2S/c27-23(21-8-3-4-12-26(21)24(28)22-9-5-13-29-22)25-18-10-11-20-17(15-18)14-16-6-1-2-7-19(16)20/h1-2,5-7,9-11,13,15,21H,3-4,8,12,14H2,(H,25,27). The average molecular weight is 403 g/mol. The molecule has 2 aromatic carbocycles. The molecule has 0 saturated carbocycles. The van der Waals surface area contributed by atoms with Crippen LogP contribution < -0.4 is 5.32 Å². The molecule has 0 spiro atoms. The smallest absolute Gasteiger partial charge is 0.264 e. The van der Waals surface area contributed by atoms with Gasteiger partial charge in [-0.1, -0.05) is 36.4 Å². The van der Waals surface area contributed by atoms with Crippen LogP contribution in [0.2, 0.25) is 0 Å². The summed E-state index contributed by atoms with van der Waals surface area (Å²) in [5.41, 5.74) is 5.88. The first kappa shape index (κ1) is 18.1. The van der Waals surface area contributed by atoms with Crippen LogP contribution in [-0.4, -0.2) is 29.3 Å². The Bertz CT molecular complexity index is 1070. The van der Waals surface area contributed by atoms with Crippen molar-refractivity contribution in [3.63, 3.8) is 0 Å². The topological polar surface area (TPSA) is 49.4 Å². The quantitative estimate of drug-likeness (QED) is 0.527. The third-order valence-corrected chi connectivity index (χ3v) is 6.72. The second-order valence-electron chi connectivity index (χ2n) is 7.68. The molecule has 2 aliphatic rings. The molecular weight excluding hydrogens is 380 g/mol. The molecule has 29 heavy (non-hydrogen) atoms. The van der Waals surface area contributed by atoms with Crippen molar-refractivity contribution in [1.29, 1.82) is 0 Å². The SMILES string of the molecule is O=C(Nc1ccc2c(c1)Cc1ccccc1-2)C1CCCCN1C(=O)c1cccs1. The largest absolute Gasteiger partial charge is 0.326 e. The van der Waals surface area contributed by atoms with E-state index in [4.69, 9.17) is 0 Å². The van der Waals surface area contributed by atoms with Gasteiger partial charge in [-0.25, -0.2) is 0 Å². The number of carbonyl (C=O) groups excluding carboxylic acids is 2. The molecule has 1 atom stereocenters. The molecule has 0 radical (unpaired) electrons. The van der Waals surface area contributed by atoms with Crippen LogP contribution in [0.4, 0.5) is 5.69 Å². The summed E-state index contributed by atoms with van der Waals surface area (Å²) in [6, 6.07) is 17.8. The Morgan fingerprint density at radius 2 is 1.83 bits per heavy atom. The first-order chi connectivity index (χ1) is 14.2. The zero-order valence-electron chi connectivity index (χ0n) is 16.1. The van der Waals surface area contributed by atoms with Gasteiger partial charge in [0, 0.05) is 12.2 Å². The van der Waals surface area contributed by atoms with Crippen molar-refractivity contribution < 1.29 is 9.59 Å². The van der Waals surface area contributed by atoms with E-state index in [0.717, 1.165) is 24.9 Å². The maximum absolute atomic E-state index is 13.1. The van der Waals surface area contributed by atoms with Gasteiger partial charge in [-0.3, -0.25) is 9.59 Å². The number of nitrogens with one attached hydrogen (secondary N) is 1. The fraction of sp³-hybridized carbons (Fsp3) is 0.250. The van der Waals surface area contributed by atoms with E-state index in [1.54, 1.807) is 4.90 Å². The molecule has 5 rings (SSSR count). The second-order valence-corrected chi connectivity index (χ2v) is 8.63. The van der Waals surface area contributed by atoms with E-state index >= 15 is 0 Å². The molecule has 146 valence electrons. The number of hydrogen-bond acceptors (Lipinski definition) is 3. The van der Waals surface area contributed by atoms with Gasteiger partial charge in [0.1, 0.15) is 6.04 Å². The maximum atomic E-state index is 13.1. The number of carbonyl (C=O) groups is 2. The summed E-state index contributed by atoms with van der Waals surface area (Å²) in [6.07, 6.45) is 3.50. The van der Waals surface area contributed by atoms with Gasteiger partial charge in [-0.05, 0) is 71.5 Å². The summed E-state index contributed by atoms with van der Waals surface area (Å²) < 4.78 is 0. The predicted octanol–water partition coefficient (Wildman–Crippen LogP) is 4.95. The molecule has 4 nitrogen and oxygen atoms in total. The lowest BCUT2D eigenvalue weighted by Gasteiger charge is -2.34. The molecular formula is C24H22N2O2S. The molecule has 1 aliphatic carbocycles. The highest BCUT2D eigenvalue weighted by Gasteiger charge is 2.33. The minimum atomic E-state index is -0.413. The van der Waals surface area contributed by atoms with Gasteiger partial charge >= 0.3 is 0 Å². The predicted molar refractivity (Wildman–Crippen MR) is 116 cm³/mol. The molecule has 2 amide bonds. The molecule has 1 aliphatic heterocycles. The third-order valence-electron chi connectivity index (χ3n) is 5.86. The van der Waals surface area contributed by atoms with Crippen LogP contribution in [0, 0.1) is 0 Å². The summed E-state index contributed by atoms with van der Waals surface area (Å²) in [6.45, 7) is 0.633. The van der Waals surface area contributed by atoms with Crippen LogP contribution in [-0.2, 0) is 11.2 Å². The van der Waals surface area contributed by atoms with E-state index < -0.39 is 6.04 Å². The summed E-state index contributed by atoms with van der Waals surface area (Å²) >= 11 is 1.43. The Balaban J connectivity index is 1.34. The highest BCUT2D eigenvalue weighted by molar-refractivity contribution is 7.12. The number of piperidine rings is 1. The summed E-state index contributed by atoms with van der Waals surface area (Å²) in [4.78, 5) is 28.4. The summed E-state index contributed by atoms with van der Waals surface area (Å²) in [5.74, 6) is -0.130. The molecule has 5 heteroatoms. The van der Waals surface area contributed by atoms with Crippen LogP contribution in [0.25, 0.3) is 11.1 Å². The van der Waals surface area contributed by atoms with Crippen LogP contribution in [0.1, 0.15) is 40.1 Å². The van der Waals surface area contributed by atoms with E-state index in [1.165, 1.54) is 33.6 Å². The van der Waals surface area contributed by atoms with Crippen LogP contribution >= 0.6 is 11.3 Å². The van der Waals surface area contributed by atoms with Crippen LogP contribution in [0.3, 0.4) is 0 Å². The van der Waals surface area contributed by atoms with Gasteiger partial charge in [0.05, 0.1) is 4.88 Å². The Morgan fingerprint density at radius 1 is 0.966 bits per heavy atom. The molecule has 1 aromatic heterocycles. The number of fused-ring (bicyclic) bond motifs is 3. The van der Waals surface area contributed by atoms with Gasteiger partial charge in [-0.2, -0.15) is 0 Å². The number of nitrogens with zero attached hydrogens (tertiary/aromatic N) is 1. The molecule has 0 bridgehead atoms. The van der Waals surface area contributed by atoms with Gasteiger partial charge < -0.3 is 10.2 Å². The molecule has 2 heterocycles. The van der Waals surface area contributed by atoms with Crippen molar-refractivity contribution in [3.8, 4) is 11.1 Å². The first-order valence-electron chi connectivity index (χ1n) is 10.1. The van der Waals surface area contributed by atoms with Crippen molar-refractivity contribution in [3.05, 3.63) is 76.0 Å². The fourth-order valence-electron chi connectivity index (χ4n) is 4.44. The lowest BCUT2D eigenvalue weighted by molar-refractivity contribution is -0.121. The lowest BCUT2D eigenvalue weighted by Crippen LogP contribution is -2.49. The molecule has 1 saturated heterocycles. The van der Waals surface area contributed by atoms with Crippen molar-refractivity contribution in [2.45, 2.75) is 31.7 Å². The van der Waals surface area contributed by atoms with E-state index in [9.17, 15) is 9.59 Å². The Labute approximate surface area is 174 Å². The number of anilines is 1. The van der Waals surface area contributed by atoms with Crippen molar-refractivity contribution in [2.24, 2.45) is 0 Å². The monoisotopic (exact) mass is 402 g/mol. The minimum absolute atomic E-state index is 0.0377. The van der Waals surface area contributed by atoms with Crippen molar-refractivity contribution in [2.75, 3.05) is 11.9 Å². The molecule has 1 N–H and O–H groups in total. The Morgan fingerprint density at radius 3 is 2.69 bits per heavy atom. The minimum Gasteiger partial charge on any atom is -0.326 e. The van der Waals surface area contributed by atoms with E-state index in [2.05, 4.69) is 41.7 Å².